The van der Waals surface area contributed by atoms with Gasteiger partial charge in [-0.05, 0) is 104 Å². The Morgan fingerprint density at radius 2 is 0.646 bits per heavy atom. The number of rotatable bonds is 8. The van der Waals surface area contributed by atoms with E-state index in [1.807, 2.05) is 48.6 Å². The van der Waals surface area contributed by atoms with Crippen LogP contribution in [0.5, 0.6) is 0 Å². The van der Waals surface area contributed by atoms with Crippen LogP contribution >= 0.6 is 0 Å². The maximum Gasteiger partial charge on any atom is 0.320 e. The first-order valence-corrected chi connectivity index (χ1v) is 25.2. The molecule has 0 bridgehead atoms. The number of quaternary nitrogens is 1. The van der Waals surface area contributed by atoms with Crippen molar-refractivity contribution < 1.29 is 61.3 Å². The van der Waals surface area contributed by atoms with Gasteiger partial charge in [0.1, 0.15) is 31.5 Å². The molecule has 0 amide bonds. The molecule has 8 heterocycles. The van der Waals surface area contributed by atoms with Gasteiger partial charge in [-0.15, -0.1) is 0 Å². The molecule has 1 spiro atoms. The first-order valence-electron chi connectivity index (χ1n) is 19.4. The van der Waals surface area contributed by atoms with Crippen LogP contribution in [0, 0.1) is 0 Å². The highest BCUT2D eigenvalue weighted by Gasteiger charge is 2.74. The van der Waals surface area contributed by atoms with Gasteiger partial charge < -0.3 is 0 Å². The van der Waals surface area contributed by atoms with Gasteiger partial charge in [0, 0.05) is 24.3 Å². The van der Waals surface area contributed by atoms with Gasteiger partial charge in [-0.25, -0.2) is 0 Å². The Kier molecular flexibility index (Phi) is 7.72. The predicted molar refractivity (Wildman–Crippen MR) is 232 cm³/mol. The molecule has 0 saturated carbocycles. The van der Waals surface area contributed by atoms with E-state index in [-0.39, 0.29) is 24.5 Å². The molecule has 0 radical (unpaired) electrons. The molecule has 0 saturated heterocycles. The maximum absolute atomic E-state index is 12.2. The first-order chi connectivity index (χ1) is 30.8. The average Bonchev–Trinajstić information content (AvgIpc) is 4.09. The SMILES string of the molecule is O=S(=O)(O)c1ccc(C2=C3C=CC4=[N+]3[N+]35n6c2ccc6C(c2ccc(S(=O)(=O)O)cc2)=C2C=CC(=[N+]23)C(c2ccc(S(=O)(=O)O)cc2)=c2ccc(n25)=C4c2ccc(S(=O)(=O)O)cc2)cc1. The molecule has 65 heavy (non-hydrogen) atoms. The van der Waals surface area contributed by atoms with Gasteiger partial charge in [0.25, 0.3) is 63.3 Å². The lowest BCUT2D eigenvalue weighted by Gasteiger charge is -2.37. The lowest BCUT2D eigenvalue weighted by molar-refractivity contribution is -0.929. The molecule has 6 aromatic rings. The smallest absolute Gasteiger partial charge is 0.282 e. The Morgan fingerprint density at radius 3 is 0.938 bits per heavy atom. The van der Waals surface area contributed by atoms with Crippen molar-refractivity contribution in [2.75, 3.05) is 0 Å². The van der Waals surface area contributed by atoms with Gasteiger partial charge in [0.15, 0.2) is 0 Å². The molecule has 0 atom stereocenters. The van der Waals surface area contributed by atoms with Gasteiger partial charge in [-0.1, -0.05) is 48.5 Å². The normalized spacial score (nSPS) is 17.7. The van der Waals surface area contributed by atoms with Crippen molar-refractivity contribution in [1.82, 2.24) is 14.3 Å². The summed E-state index contributed by atoms with van der Waals surface area (Å²) < 4.78 is 145. The quantitative estimate of drug-likeness (QED) is 0.0980. The highest BCUT2D eigenvalue weighted by molar-refractivity contribution is 7.86. The van der Waals surface area contributed by atoms with Crippen molar-refractivity contribution in [3.63, 3.8) is 0 Å². The fourth-order valence-corrected chi connectivity index (χ4v) is 11.7. The van der Waals surface area contributed by atoms with E-state index >= 15 is 0 Å². The van der Waals surface area contributed by atoms with E-state index in [4.69, 9.17) is 0 Å². The van der Waals surface area contributed by atoms with Gasteiger partial charge in [0.2, 0.25) is 0 Å². The van der Waals surface area contributed by atoms with Crippen molar-refractivity contribution in [2.45, 2.75) is 19.6 Å². The largest absolute Gasteiger partial charge is 0.320 e. The molecular weight excluding hydrogens is 919 g/mol. The summed E-state index contributed by atoms with van der Waals surface area (Å²) >= 11 is 0. The van der Waals surface area contributed by atoms with Crippen LogP contribution in [-0.2, 0) is 40.5 Å². The second-order valence-electron chi connectivity index (χ2n) is 15.7. The van der Waals surface area contributed by atoms with Crippen molar-refractivity contribution in [2.24, 2.45) is 0 Å². The van der Waals surface area contributed by atoms with E-state index in [0.29, 0.717) is 89.4 Å². The highest BCUT2D eigenvalue weighted by Crippen LogP contribution is 2.49. The summed E-state index contributed by atoms with van der Waals surface area (Å²) in [5.74, 6) is 0. The van der Waals surface area contributed by atoms with Gasteiger partial charge in [0.05, 0.1) is 41.9 Å². The van der Waals surface area contributed by atoms with E-state index < -0.39 is 40.5 Å². The second-order valence-corrected chi connectivity index (χ2v) is 21.4. The molecule has 0 fully saturated rings. The van der Waals surface area contributed by atoms with Crippen molar-refractivity contribution in [1.29, 1.82) is 0 Å². The third kappa shape index (κ3) is 5.28. The third-order valence-corrected chi connectivity index (χ3v) is 15.8. The summed E-state index contributed by atoms with van der Waals surface area (Å²) in [5.41, 5.74) is 8.85. The number of hydrogen-bond acceptors (Lipinski definition) is 8. The fourth-order valence-electron chi connectivity index (χ4n) is 9.80. The summed E-state index contributed by atoms with van der Waals surface area (Å²) in [6.45, 7) is 0. The minimum Gasteiger partial charge on any atom is -0.282 e. The Labute approximate surface area is 368 Å². The summed E-state index contributed by atoms with van der Waals surface area (Å²) in [4.78, 5) is -1.50. The first kappa shape index (κ1) is 39.7. The molecule has 6 aliphatic heterocycles. The number of benzene rings is 4. The summed E-state index contributed by atoms with van der Waals surface area (Å²) in [7, 11) is -18.2. The lowest BCUT2D eigenvalue weighted by Crippen LogP contribution is -2.82. The molecule has 4 N–H and O–H groups in total. The fraction of sp³-hybridized carbons (Fsp3) is 0. The van der Waals surface area contributed by atoms with E-state index in [9.17, 15) is 51.9 Å². The van der Waals surface area contributed by atoms with Crippen molar-refractivity contribution in [3.8, 4) is 0 Å². The minimum absolute atomic E-state index is 0.261. The Balaban J connectivity index is 1.26. The van der Waals surface area contributed by atoms with Crippen LogP contribution in [-0.4, -0.2) is 82.0 Å². The highest BCUT2D eigenvalue weighted by atomic mass is 32.2. The standard InChI is InChI=1S/C44H25N5O12S4/c50-62(51,52)29-9-1-25(2-10-29)41-33-17-19-35-42(26-3-11-30(12-4-26)63(53,54)55)37-21-23-39-44(28-7-15-32(16-8-28)65(59,60)61)40-24-22-38-43(27-5-13-31(14-6-27)64(56,57)58)36-20-18-34(41)46(36)49(45(33)35,47(37)39)48(38)40/h1-24H,(H-3,50,51,52,53,54,55,56,57,58,59,60,61)/p+3. The lowest BCUT2D eigenvalue weighted by atomic mass is 9.98. The average molecular weight is 947 g/mol. The summed E-state index contributed by atoms with van der Waals surface area (Å²) in [6.07, 6.45) is 7.69. The zero-order valence-electron chi connectivity index (χ0n) is 32.8. The number of aromatic nitrogens is 2. The molecule has 322 valence electrons. The van der Waals surface area contributed by atoms with Crippen LogP contribution in [0.3, 0.4) is 0 Å². The van der Waals surface area contributed by atoms with Crippen LogP contribution in [0.4, 0.5) is 0 Å². The summed E-state index contributed by atoms with van der Waals surface area (Å²) in [5, 5.41) is 1.31. The second kappa shape index (κ2) is 12.7. The van der Waals surface area contributed by atoms with Crippen LogP contribution in [0.25, 0.3) is 22.3 Å². The Hall–Kier alpha value is -6.92. The van der Waals surface area contributed by atoms with Crippen LogP contribution in [0.2, 0.25) is 0 Å². The van der Waals surface area contributed by atoms with E-state index in [1.54, 1.807) is 48.5 Å². The number of allylic oxidation sites excluding steroid dienone is 4. The van der Waals surface area contributed by atoms with E-state index in [1.165, 1.54) is 48.5 Å². The topological polar surface area (TPSA) is 233 Å². The van der Waals surface area contributed by atoms with Crippen LogP contribution in [0.15, 0.2) is 177 Å². The van der Waals surface area contributed by atoms with Crippen molar-refractivity contribution in [3.05, 3.63) is 201 Å². The zero-order chi connectivity index (χ0) is 45.3. The molecule has 21 heteroatoms. The van der Waals surface area contributed by atoms with E-state index in [2.05, 4.69) is 18.7 Å². The zero-order valence-corrected chi connectivity index (χ0v) is 36.0. The molecule has 17 nitrogen and oxygen atoms in total. The number of hydrogen-bond donors (Lipinski definition) is 4. The van der Waals surface area contributed by atoms with Gasteiger partial charge in [-0.3, -0.25) is 18.2 Å². The van der Waals surface area contributed by atoms with Gasteiger partial charge in [-0.2, -0.15) is 33.7 Å². The molecule has 12 rings (SSSR count). The van der Waals surface area contributed by atoms with E-state index in [0.717, 1.165) is 0 Å². The van der Waals surface area contributed by atoms with Crippen molar-refractivity contribution >= 4 is 74.2 Å². The van der Waals surface area contributed by atoms with Gasteiger partial charge >= 0.3 is 4.92 Å². The Bertz CT molecular complexity index is 3840. The third-order valence-electron chi connectivity index (χ3n) is 12.3. The monoisotopic (exact) mass is 946 g/mol. The number of nitrogens with zero attached hydrogens (tertiary/aromatic N) is 5. The van der Waals surface area contributed by atoms with Crippen LogP contribution < -0.4 is 15.6 Å². The molecular formula is C44H28N5O12S4+3. The minimum atomic E-state index is -4.55. The molecule has 2 aromatic heterocycles. The Morgan fingerprint density at radius 1 is 0.354 bits per heavy atom. The predicted octanol–water partition coefficient (Wildman–Crippen LogP) is 3.03. The summed E-state index contributed by atoms with van der Waals surface area (Å²) in [6, 6.07) is 30.9. The molecule has 0 aliphatic carbocycles. The molecule has 0 unspecified atom stereocenters. The molecule has 4 aromatic carbocycles. The van der Waals surface area contributed by atoms with Crippen LogP contribution in [0.1, 0.15) is 33.6 Å². The maximum atomic E-state index is 12.2. The molecule has 6 aliphatic rings.